The predicted octanol–water partition coefficient (Wildman–Crippen LogP) is 3.93. The lowest BCUT2D eigenvalue weighted by molar-refractivity contribution is -0.140. The lowest BCUT2D eigenvalue weighted by atomic mass is 10.0. The molecule has 9 heteroatoms. The standard InChI is InChI=1S/C29H34FN3O4S/c1-4-23-15-10-12-18-26(23)33(38(3,36)37)21-28(34)32(20-24-16-9-11-17-25(24)30)27(29(35)31-5-2)19-22-13-7-6-8-14-22/h6-18,27H,4-5,19-21H2,1-3H3,(H,31,35)/t27-/m0/s1. The van der Waals surface area contributed by atoms with E-state index < -0.39 is 40.2 Å². The highest BCUT2D eigenvalue weighted by Gasteiger charge is 2.33. The molecule has 7 nitrogen and oxygen atoms in total. The van der Waals surface area contributed by atoms with E-state index in [9.17, 15) is 22.4 Å². The number of sulfonamides is 1. The molecule has 0 unspecified atom stereocenters. The zero-order chi connectivity index (χ0) is 27.7. The second-order valence-corrected chi connectivity index (χ2v) is 10.9. The summed E-state index contributed by atoms with van der Waals surface area (Å²) in [4.78, 5) is 28.5. The van der Waals surface area contributed by atoms with Crippen molar-refractivity contribution in [3.05, 3.63) is 101 Å². The van der Waals surface area contributed by atoms with Crippen molar-refractivity contribution in [2.75, 3.05) is 23.7 Å². The van der Waals surface area contributed by atoms with Gasteiger partial charge in [-0.15, -0.1) is 0 Å². The zero-order valence-electron chi connectivity index (χ0n) is 21.9. The fourth-order valence-corrected chi connectivity index (χ4v) is 5.18. The van der Waals surface area contributed by atoms with Gasteiger partial charge in [0.05, 0.1) is 11.9 Å². The quantitative estimate of drug-likeness (QED) is 0.378. The van der Waals surface area contributed by atoms with Crippen molar-refractivity contribution in [1.29, 1.82) is 0 Å². The summed E-state index contributed by atoms with van der Waals surface area (Å²) in [5.41, 5.74) is 2.19. The highest BCUT2D eigenvalue weighted by molar-refractivity contribution is 7.92. The summed E-state index contributed by atoms with van der Waals surface area (Å²) in [7, 11) is -3.86. The van der Waals surface area contributed by atoms with Crippen molar-refractivity contribution in [3.63, 3.8) is 0 Å². The monoisotopic (exact) mass is 539 g/mol. The average molecular weight is 540 g/mol. The van der Waals surface area contributed by atoms with Crippen LogP contribution in [0.1, 0.15) is 30.5 Å². The molecule has 0 radical (unpaired) electrons. The van der Waals surface area contributed by atoms with E-state index in [4.69, 9.17) is 0 Å². The Balaban J connectivity index is 2.07. The number of rotatable bonds is 12. The number of halogens is 1. The van der Waals surface area contributed by atoms with Gasteiger partial charge >= 0.3 is 0 Å². The van der Waals surface area contributed by atoms with Crippen molar-refractivity contribution in [3.8, 4) is 0 Å². The summed E-state index contributed by atoms with van der Waals surface area (Å²) in [6, 6.07) is 21.2. The van der Waals surface area contributed by atoms with Crippen LogP contribution < -0.4 is 9.62 Å². The molecule has 0 aliphatic heterocycles. The van der Waals surface area contributed by atoms with Crippen molar-refractivity contribution in [1.82, 2.24) is 10.2 Å². The number of nitrogens with one attached hydrogen (secondary N) is 1. The Kier molecular flexibility index (Phi) is 10.0. The molecule has 3 aromatic rings. The summed E-state index contributed by atoms with van der Waals surface area (Å²) in [6.07, 6.45) is 1.78. The number of carbonyl (C=O) groups excluding carboxylic acids is 2. The maximum atomic E-state index is 14.7. The van der Waals surface area contributed by atoms with Crippen LogP contribution in [-0.4, -0.2) is 50.5 Å². The predicted molar refractivity (Wildman–Crippen MR) is 148 cm³/mol. The van der Waals surface area contributed by atoms with E-state index in [1.807, 2.05) is 43.3 Å². The van der Waals surface area contributed by atoms with Gasteiger partial charge in [0.25, 0.3) is 0 Å². The van der Waals surface area contributed by atoms with Crippen LogP contribution in [0.4, 0.5) is 10.1 Å². The molecule has 0 aliphatic carbocycles. The summed E-state index contributed by atoms with van der Waals surface area (Å²) in [5, 5.41) is 2.78. The Labute approximate surface area is 224 Å². The van der Waals surface area contributed by atoms with Crippen LogP contribution in [0.2, 0.25) is 0 Å². The minimum absolute atomic E-state index is 0.178. The molecule has 1 atom stereocenters. The van der Waals surface area contributed by atoms with Crippen molar-refractivity contribution in [2.24, 2.45) is 0 Å². The van der Waals surface area contributed by atoms with Gasteiger partial charge in [-0.3, -0.25) is 13.9 Å². The maximum Gasteiger partial charge on any atom is 0.244 e. The van der Waals surface area contributed by atoms with Crippen molar-refractivity contribution in [2.45, 2.75) is 39.3 Å². The molecule has 3 aromatic carbocycles. The molecule has 0 saturated carbocycles. The van der Waals surface area contributed by atoms with E-state index in [0.29, 0.717) is 18.7 Å². The van der Waals surface area contributed by atoms with Gasteiger partial charge in [-0.2, -0.15) is 0 Å². The third-order valence-corrected chi connectivity index (χ3v) is 7.37. The molecular weight excluding hydrogens is 505 g/mol. The Hall–Kier alpha value is -3.72. The number of para-hydroxylation sites is 1. The number of amides is 2. The lowest BCUT2D eigenvalue weighted by Gasteiger charge is -2.34. The van der Waals surface area contributed by atoms with Crippen LogP contribution in [0, 0.1) is 5.82 Å². The molecule has 0 aromatic heterocycles. The highest BCUT2D eigenvalue weighted by atomic mass is 32.2. The second-order valence-electron chi connectivity index (χ2n) is 8.97. The molecule has 0 saturated heterocycles. The molecule has 0 heterocycles. The SMILES string of the molecule is CCNC(=O)[C@H](Cc1ccccc1)N(Cc1ccccc1F)C(=O)CN(c1ccccc1CC)S(C)(=O)=O. The van der Waals surface area contributed by atoms with Gasteiger partial charge in [-0.1, -0.05) is 73.7 Å². The number of hydrogen-bond acceptors (Lipinski definition) is 4. The van der Waals surface area contributed by atoms with Crippen molar-refractivity contribution < 1.29 is 22.4 Å². The molecular formula is C29H34FN3O4S. The first-order valence-corrected chi connectivity index (χ1v) is 14.4. The number of benzene rings is 3. The van der Waals surface area contributed by atoms with Gasteiger partial charge in [-0.05, 0) is 36.6 Å². The normalized spacial score (nSPS) is 12.0. The summed E-state index contributed by atoms with van der Waals surface area (Å²) in [6.45, 7) is 3.28. The largest absolute Gasteiger partial charge is 0.355 e. The minimum atomic E-state index is -3.86. The van der Waals surface area contributed by atoms with E-state index in [2.05, 4.69) is 5.32 Å². The lowest BCUT2D eigenvalue weighted by Crippen LogP contribution is -2.53. The number of anilines is 1. The first-order valence-electron chi connectivity index (χ1n) is 12.6. The smallest absolute Gasteiger partial charge is 0.244 e. The first kappa shape index (κ1) is 28.8. The molecule has 0 bridgehead atoms. The molecule has 0 fully saturated rings. The van der Waals surface area contributed by atoms with Crippen LogP contribution in [0.25, 0.3) is 0 Å². The molecule has 1 N–H and O–H groups in total. The summed E-state index contributed by atoms with van der Waals surface area (Å²) in [5.74, 6) is -1.53. The molecule has 0 spiro atoms. The Morgan fingerprint density at radius 3 is 2.11 bits per heavy atom. The number of nitrogens with zero attached hydrogens (tertiary/aromatic N) is 2. The van der Waals surface area contributed by atoms with Crippen LogP contribution in [0.5, 0.6) is 0 Å². The fraction of sp³-hybridized carbons (Fsp3) is 0.310. The van der Waals surface area contributed by atoms with E-state index in [1.54, 1.807) is 43.3 Å². The fourth-order valence-electron chi connectivity index (χ4n) is 4.30. The number of hydrogen-bond donors (Lipinski definition) is 1. The molecule has 202 valence electrons. The zero-order valence-corrected chi connectivity index (χ0v) is 22.7. The molecule has 0 aliphatic rings. The third-order valence-electron chi connectivity index (χ3n) is 6.24. The van der Waals surface area contributed by atoms with Gasteiger partial charge in [0.15, 0.2) is 0 Å². The molecule has 3 rings (SSSR count). The van der Waals surface area contributed by atoms with E-state index in [1.165, 1.54) is 11.0 Å². The van der Waals surface area contributed by atoms with Crippen LogP contribution >= 0.6 is 0 Å². The Morgan fingerprint density at radius 2 is 1.50 bits per heavy atom. The summed E-state index contributed by atoms with van der Waals surface area (Å²) >= 11 is 0. The van der Waals surface area contributed by atoms with E-state index in [-0.39, 0.29) is 18.5 Å². The highest BCUT2D eigenvalue weighted by Crippen LogP contribution is 2.25. The van der Waals surface area contributed by atoms with E-state index in [0.717, 1.165) is 21.7 Å². The summed E-state index contributed by atoms with van der Waals surface area (Å²) < 4.78 is 41.5. The van der Waals surface area contributed by atoms with Gasteiger partial charge in [0.2, 0.25) is 21.8 Å². The topological polar surface area (TPSA) is 86.8 Å². The third kappa shape index (κ3) is 7.41. The Morgan fingerprint density at radius 1 is 0.895 bits per heavy atom. The van der Waals surface area contributed by atoms with Gasteiger partial charge in [0, 0.05) is 25.1 Å². The van der Waals surface area contributed by atoms with E-state index >= 15 is 0 Å². The van der Waals surface area contributed by atoms with Gasteiger partial charge in [0.1, 0.15) is 18.4 Å². The molecule has 38 heavy (non-hydrogen) atoms. The maximum absolute atomic E-state index is 14.7. The van der Waals surface area contributed by atoms with Crippen LogP contribution in [0.15, 0.2) is 78.9 Å². The number of carbonyl (C=O) groups is 2. The first-order chi connectivity index (χ1) is 18.2. The molecule has 2 amide bonds. The number of aryl methyl sites for hydroxylation is 1. The minimum Gasteiger partial charge on any atom is -0.355 e. The second kappa shape index (κ2) is 13.2. The Bertz CT molecular complexity index is 1350. The number of likely N-dealkylation sites (N-methyl/N-ethyl adjacent to an activating group) is 1. The average Bonchev–Trinajstić information content (AvgIpc) is 2.90. The van der Waals surface area contributed by atoms with Crippen LogP contribution in [-0.2, 0) is 39.0 Å². The van der Waals surface area contributed by atoms with Gasteiger partial charge in [-0.25, -0.2) is 12.8 Å². The van der Waals surface area contributed by atoms with Crippen molar-refractivity contribution >= 4 is 27.5 Å². The van der Waals surface area contributed by atoms with Crippen LogP contribution in [0.3, 0.4) is 0 Å². The van der Waals surface area contributed by atoms with Gasteiger partial charge < -0.3 is 10.2 Å².